The van der Waals surface area contributed by atoms with Gasteiger partial charge in [-0.25, -0.2) is 4.99 Å². The van der Waals surface area contributed by atoms with E-state index in [9.17, 15) is 0 Å². The zero-order valence-corrected chi connectivity index (χ0v) is 9.53. The number of nitrogens with zero attached hydrogens (tertiary/aromatic N) is 1. The van der Waals surface area contributed by atoms with Crippen LogP contribution in [0.2, 0.25) is 0 Å². The number of ether oxygens (including phenoxy) is 1. The quantitative estimate of drug-likeness (QED) is 0.687. The van der Waals surface area contributed by atoms with Crippen LogP contribution in [0.3, 0.4) is 0 Å². The van der Waals surface area contributed by atoms with Crippen LogP contribution >= 0.6 is 0 Å². The van der Waals surface area contributed by atoms with Gasteiger partial charge in [-0.1, -0.05) is 39.0 Å². The van der Waals surface area contributed by atoms with Gasteiger partial charge in [0.2, 0.25) is 5.90 Å². The lowest BCUT2D eigenvalue weighted by atomic mass is 9.88. The van der Waals surface area contributed by atoms with E-state index < -0.39 is 0 Å². The molecule has 0 radical (unpaired) electrons. The topological polar surface area (TPSA) is 21.6 Å². The second-order valence-corrected chi connectivity index (χ2v) is 4.99. The second-order valence-electron chi connectivity index (χ2n) is 4.99. The Balaban J connectivity index is 2.21. The molecule has 0 fully saturated rings. The molecule has 0 saturated carbocycles. The van der Waals surface area contributed by atoms with E-state index in [0.717, 1.165) is 11.5 Å². The minimum Gasteiger partial charge on any atom is -0.475 e. The van der Waals surface area contributed by atoms with E-state index in [1.54, 1.807) is 0 Å². The molecule has 1 aliphatic rings. The highest BCUT2D eigenvalue weighted by Gasteiger charge is 2.30. The zero-order valence-electron chi connectivity index (χ0n) is 9.53. The maximum atomic E-state index is 5.63. The van der Waals surface area contributed by atoms with Gasteiger partial charge in [-0.3, -0.25) is 0 Å². The minimum atomic E-state index is 0.177. The summed E-state index contributed by atoms with van der Waals surface area (Å²) in [5.74, 6) is 0.788. The van der Waals surface area contributed by atoms with Crippen molar-refractivity contribution in [2.75, 3.05) is 6.61 Å². The van der Waals surface area contributed by atoms with Crippen molar-refractivity contribution in [2.45, 2.75) is 26.8 Å². The average molecular weight is 203 g/mol. The lowest BCUT2D eigenvalue weighted by molar-refractivity contribution is 0.236. The Morgan fingerprint density at radius 3 is 2.40 bits per heavy atom. The fourth-order valence-corrected chi connectivity index (χ4v) is 1.56. The van der Waals surface area contributed by atoms with E-state index >= 15 is 0 Å². The van der Waals surface area contributed by atoms with E-state index in [-0.39, 0.29) is 11.5 Å². The summed E-state index contributed by atoms with van der Waals surface area (Å²) in [5, 5.41) is 0. The summed E-state index contributed by atoms with van der Waals surface area (Å²) in [7, 11) is 0. The van der Waals surface area contributed by atoms with Crippen molar-refractivity contribution in [3.63, 3.8) is 0 Å². The molecule has 1 aromatic rings. The molecule has 0 N–H and O–H groups in total. The Morgan fingerprint density at radius 2 is 1.87 bits per heavy atom. The summed E-state index contributed by atoms with van der Waals surface area (Å²) in [4.78, 5) is 4.62. The highest BCUT2D eigenvalue weighted by molar-refractivity contribution is 5.95. The Morgan fingerprint density at radius 1 is 1.20 bits per heavy atom. The van der Waals surface area contributed by atoms with Gasteiger partial charge in [0.25, 0.3) is 0 Å². The molecule has 1 heterocycles. The van der Waals surface area contributed by atoms with Gasteiger partial charge in [0.15, 0.2) is 0 Å². The Hall–Kier alpha value is -1.31. The molecular formula is C13H17NO. The van der Waals surface area contributed by atoms with E-state index in [1.807, 2.05) is 30.3 Å². The van der Waals surface area contributed by atoms with Gasteiger partial charge in [0.1, 0.15) is 6.61 Å². The van der Waals surface area contributed by atoms with Crippen LogP contribution in [0.25, 0.3) is 0 Å². The van der Waals surface area contributed by atoms with Crippen LogP contribution in [0.4, 0.5) is 0 Å². The molecule has 1 atom stereocenters. The van der Waals surface area contributed by atoms with Gasteiger partial charge in [-0.2, -0.15) is 0 Å². The van der Waals surface area contributed by atoms with Gasteiger partial charge >= 0.3 is 0 Å². The summed E-state index contributed by atoms with van der Waals surface area (Å²) in [6.07, 6.45) is 0. The summed E-state index contributed by atoms with van der Waals surface area (Å²) >= 11 is 0. The van der Waals surface area contributed by atoms with Gasteiger partial charge in [-0.05, 0) is 17.5 Å². The molecule has 0 aromatic heterocycles. The second kappa shape index (κ2) is 3.69. The first-order chi connectivity index (χ1) is 7.07. The fraction of sp³-hybridized carbons (Fsp3) is 0.462. The van der Waals surface area contributed by atoms with E-state index in [0.29, 0.717) is 6.61 Å². The van der Waals surface area contributed by atoms with E-state index in [1.165, 1.54) is 0 Å². The van der Waals surface area contributed by atoms with Gasteiger partial charge in [0.05, 0.1) is 6.04 Å². The zero-order chi connectivity index (χ0) is 10.9. The molecule has 2 heteroatoms. The van der Waals surface area contributed by atoms with Gasteiger partial charge < -0.3 is 4.74 Å². The first-order valence-corrected chi connectivity index (χ1v) is 5.33. The number of benzene rings is 1. The van der Waals surface area contributed by atoms with Gasteiger partial charge in [0, 0.05) is 5.56 Å². The summed E-state index contributed by atoms with van der Waals surface area (Å²) in [6.45, 7) is 7.28. The van der Waals surface area contributed by atoms with Crippen LogP contribution < -0.4 is 0 Å². The lowest BCUT2D eigenvalue weighted by Crippen LogP contribution is -2.25. The van der Waals surface area contributed by atoms with Gasteiger partial charge in [-0.15, -0.1) is 0 Å². The monoisotopic (exact) mass is 203 g/mol. The minimum absolute atomic E-state index is 0.177. The maximum Gasteiger partial charge on any atom is 0.216 e. The lowest BCUT2D eigenvalue weighted by Gasteiger charge is -2.21. The molecule has 1 aromatic carbocycles. The highest BCUT2D eigenvalue weighted by atomic mass is 16.5. The fourth-order valence-electron chi connectivity index (χ4n) is 1.56. The summed E-state index contributed by atoms with van der Waals surface area (Å²) < 4.78 is 5.63. The summed E-state index contributed by atoms with van der Waals surface area (Å²) in [5.41, 5.74) is 1.25. The molecule has 0 bridgehead atoms. The third-order valence-electron chi connectivity index (χ3n) is 2.67. The van der Waals surface area contributed by atoms with Crippen molar-refractivity contribution in [1.29, 1.82) is 0 Å². The summed E-state index contributed by atoms with van der Waals surface area (Å²) in [6, 6.07) is 10.3. The van der Waals surface area contributed by atoms with Crippen LogP contribution in [-0.4, -0.2) is 18.5 Å². The smallest absolute Gasteiger partial charge is 0.216 e. The van der Waals surface area contributed by atoms with Crippen molar-refractivity contribution in [1.82, 2.24) is 0 Å². The number of rotatable bonds is 1. The molecule has 0 saturated heterocycles. The first-order valence-electron chi connectivity index (χ1n) is 5.33. The van der Waals surface area contributed by atoms with Crippen LogP contribution in [0.5, 0.6) is 0 Å². The third-order valence-corrected chi connectivity index (χ3v) is 2.67. The Bertz CT molecular complexity index is 362. The average Bonchev–Trinajstić information content (AvgIpc) is 2.67. The largest absolute Gasteiger partial charge is 0.475 e. The molecular weight excluding hydrogens is 186 g/mol. The van der Waals surface area contributed by atoms with Crippen LogP contribution in [0.1, 0.15) is 26.3 Å². The number of hydrogen-bond donors (Lipinski definition) is 0. The van der Waals surface area contributed by atoms with E-state index in [2.05, 4.69) is 25.8 Å². The van der Waals surface area contributed by atoms with Crippen molar-refractivity contribution in [3.05, 3.63) is 35.9 Å². The molecule has 0 spiro atoms. The van der Waals surface area contributed by atoms with Crippen molar-refractivity contribution in [3.8, 4) is 0 Å². The number of hydrogen-bond acceptors (Lipinski definition) is 2. The van der Waals surface area contributed by atoms with Crippen LogP contribution in [-0.2, 0) is 4.74 Å². The van der Waals surface area contributed by atoms with Crippen molar-refractivity contribution < 1.29 is 4.74 Å². The Labute approximate surface area is 91.0 Å². The highest BCUT2D eigenvalue weighted by Crippen LogP contribution is 2.27. The SMILES string of the molecule is CC(C)(C)C1COC(c2ccccc2)=N1. The molecule has 80 valence electrons. The van der Waals surface area contributed by atoms with Crippen LogP contribution in [0, 0.1) is 5.41 Å². The van der Waals surface area contributed by atoms with Crippen LogP contribution in [0.15, 0.2) is 35.3 Å². The Kier molecular flexibility index (Phi) is 2.51. The molecule has 1 aliphatic heterocycles. The predicted octanol–water partition coefficient (Wildman–Crippen LogP) is 2.88. The molecule has 1 unspecified atom stereocenters. The normalized spacial score (nSPS) is 21.0. The number of aliphatic imine (C=N–C) groups is 1. The maximum absolute atomic E-state index is 5.63. The van der Waals surface area contributed by atoms with Crippen molar-refractivity contribution in [2.24, 2.45) is 10.4 Å². The molecule has 2 nitrogen and oxygen atoms in total. The predicted molar refractivity (Wildman–Crippen MR) is 62.2 cm³/mol. The molecule has 0 aliphatic carbocycles. The first kappa shape index (κ1) is 10.2. The molecule has 0 amide bonds. The van der Waals surface area contributed by atoms with Crippen molar-refractivity contribution >= 4 is 5.90 Å². The third kappa shape index (κ3) is 2.20. The molecule has 15 heavy (non-hydrogen) atoms. The van der Waals surface area contributed by atoms with E-state index in [4.69, 9.17) is 4.74 Å². The molecule has 2 rings (SSSR count). The standard InChI is InChI=1S/C13H17NO/c1-13(2,3)11-9-15-12(14-11)10-7-5-4-6-8-10/h4-8,11H,9H2,1-3H3.